The van der Waals surface area contributed by atoms with Crippen LogP contribution in [0.15, 0.2) is 84.9 Å². The molecule has 0 spiro atoms. The van der Waals surface area contributed by atoms with Gasteiger partial charge in [-0.15, -0.1) is 0 Å². The van der Waals surface area contributed by atoms with Crippen LogP contribution in [0.5, 0.6) is 0 Å². The van der Waals surface area contributed by atoms with Crippen molar-refractivity contribution in [3.63, 3.8) is 0 Å². The van der Waals surface area contributed by atoms with Gasteiger partial charge in [0.2, 0.25) is 5.72 Å². The van der Waals surface area contributed by atoms with E-state index in [-0.39, 0.29) is 32.2 Å². The van der Waals surface area contributed by atoms with Crippen molar-refractivity contribution in [1.29, 1.82) is 0 Å². The van der Waals surface area contributed by atoms with Gasteiger partial charge in [-0.2, -0.15) is 0 Å². The largest absolute Gasteiger partial charge is 0.450 e. The number of aryl methyl sites for hydroxylation is 1. The summed E-state index contributed by atoms with van der Waals surface area (Å²) in [5.74, 6) is -2.26. The van der Waals surface area contributed by atoms with Crippen molar-refractivity contribution < 1.29 is 33.8 Å². The van der Waals surface area contributed by atoms with Crippen molar-refractivity contribution in [2.45, 2.75) is 78.7 Å². The molecule has 0 aliphatic carbocycles. The number of hydrogen-bond acceptors (Lipinski definition) is 8. The van der Waals surface area contributed by atoms with Gasteiger partial charge >= 0.3 is 12.2 Å². The van der Waals surface area contributed by atoms with E-state index in [1.165, 1.54) is 0 Å². The lowest BCUT2D eigenvalue weighted by molar-refractivity contribution is -0.149. The third-order valence-electron chi connectivity index (χ3n) is 8.35. The van der Waals surface area contributed by atoms with Gasteiger partial charge < -0.3 is 25.2 Å². The lowest BCUT2D eigenvalue weighted by Gasteiger charge is -2.35. The Bertz CT molecular complexity index is 1540. The van der Waals surface area contributed by atoms with Crippen LogP contribution in [0.3, 0.4) is 0 Å². The minimum atomic E-state index is -2.27. The molecule has 0 aliphatic heterocycles. The summed E-state index contributed by atoms with van der Waals surface area (Å²) in [7, 11) is 0. The lowest BCUT2D eigenvalue weighted by atomic mass is 9.97. The smallest absolute Gasteiger partial charge is 0.409 e. The van der Waals surface area contributed by atoms with Gasteiger partial charge in [-0.05, 0) is 54.9 Å². The van der Waals surface area contributed by atoms with Crippen molar-refractivity contribution in [3.05, 3.63) is 96.1 Å². The van der Waals surface area contributed by atoms with E-state index in [0.29, 0.717) is 12.8 Å². The number of aliphatic hydroxyl groups is 1. The molecule has 0 bridgehead atoms. The quantitative estimate of drug-likeness (QED) is 0.0898. The number of amides is 4. The molecule has 3 rings (SSSR count). The molecule has 0 radical (unpaired) electrons. The van der Waals surface area contributed by atoms with E-state index in [0.717, 1.165) is 22.3 Å². The van der Waals surface area contributed by atoms with E-state index in [1.54, 1.807) is 32.7 Å². The van der Waals surface area contributed by atoms with E-state index in [1.807, 2.05) is 98.8 Å². The molecule has 5 N–H and O–H groups in total. The van der Waals surface area contributed by atoms with Gasteiger partial charge in [0.15, 0.2) is 0 Å². The van der Waals surface area contributed by atoms with E-state index < -0.39 is 47.7 Å². The summed E-state index contributed by atoms with van der Waals surface area (Å²) >= 11 is 0. The predicted octanol–water partition coefficient (Wildman–Crippen LogP) is 5.17. The molecule has 12 heteroatoms. The molecule has 51 heavy (non-hydrogen) atoms. The van der Waals surface area contributed by atoms with E-state index in [9.17, 15) is 24.3 Å². The fourth-order valence-electron chi connectivity index (χ4n) is 5.41. The molecule has 0 heterocycles. The Balaban J connectivity index is 1.95. The van der Waals surface area contributed by atoms with Gasteiger partial charge in [0, 0.05) is 25.0 Å². The first-order valence-corrected chi connectivity index (χ1v) is 17.5. The molecule has 0 fully saturated rings. The molecule has 0 unspecified atom stereocenters. The van der Waals surface area contributed by atoms with Crippen LogP contribution in [0.2, 0.25) is 0 Å². The Morgan fingerprint density at radius 2 is 1.31 bits per heavy atom. The second-order valence-electron chi connectivity index (χ2n) is 13.0. The topological polar surface area (TPSA) is 158 Å². The molecule has 0 saturated carbocycles. The molecular weight excluding hydrogens is 650 g/mol. The lowest BCUT2D eigenvalue weighted by Crippen LogP contribution is -2.64. The highest BCUT2D eigenvalue weighted by Crippen LogP contribution is 2.21. The number of carbonyl (C=O) groups is 4. The summed E-state index contributed by atoms with van der Waals surface area (Å²) < 4.78 is 10.0. The SMILES string of the molecule is CCOC(=O)N[C@H](C(=O)NN(Cc1ccc(-c2ccccc2)cc1)C[C@H](CCc1ccccc1)NC(=O)[C@@](O)(NC(=O)OCC)C(C)C)C(C)C. The summed E-state index contributed by atoms with van der Waals surface area (Å²) in [5.41, 5.74) is 4.71. The van der Waals surface area contributed by atoms with Crippen LogP contribution in [-0.2, 0) is 32.0 Å². The zero-order chi connectivity index (χ0) is 37.4. The summed E-state index contributed by atoms with van der Waals surface area (Å²) in [6.07, 6.45) is -0.628. The van der Waals surface area contributed by atoms with Crippen LogP contribution < -0.4 is 21.4 Å². The number of hydrogen-bond donors (Lipinski definition) is 5. The van der Waals surface area contributed by atoms with Crippen molar-refractivity contribution in [3.8, 4) is 11.1 Å². The molecule has 0 aromatic heterocycles. The highest BCUT2D eigenvalue weighted by Gasteiger charge is 2.42. The van der Waals surface area contributed by atoms with Crippen LogP contribution in [0.25, 0.3) is 11.1 Å². The number of carbonyl (C=O) groups excluding carboxylic acids is 4. The van der Waals surface area contributed by atoms with Gasteiger partial charge in [-0.3, -0.25) is 20.3 Å². The van der Waals surface area contributed by atoms with Crippen molar-refractivity contribution >= 4 is 24.0 Å². The maximum absolute atomic E-state index is 13.8. The number of hydrazine groups is 1. The predicted molar refractivity (Wildman–Crippen MR) is 196 cm³/mol. The van der Waals surface area contributed by atoms with Gasteiger partial charge in [-0.1, -0.05) is 113 Å². The van der Waals surface area contributed by atoms with Crippen LogP contribution in [-0.4, -0.2) is 71.7 Å². The first kappa shape index (κ1) is 40.5. The second kappa shape index (κ2) is 20.0. The maximum Gasteiger partial charge on any atom is 0.409 e. The monoisotopic (exact) mass is 703 g/mol. The Morgan fingerprint density at radius 3 is 1.88 bits per heavy atom. The Kier molecular flexibility index (Phi) is 15.9. The van der Waals surface area contributed by atoms with Gasteiger partial charge in [0.25, 0.3) is 11.8 Å². The molecule has 3 aromatic rings. The van der Waals surface area contributed by atoms with E-state index >= 15 is 0 Å². The normalized spacial score (nSPS) is 13.5. The van der Waals surface area contributed by atoms with Gasteiger partial charge in [0.1, 0.15) is 6.04 Å². The zero-order valence-electron chi connectivity index (χ0n) is 30.5. The highest BCUT2D eigenvalue weighted by atomic mass is 16.6. The number of nitrogens with one attached hydrogen (secondary N) is 4. The first-order chi connectivity index (χ1) is 24.4. The standard InChI is InChI=1S/C39H53N5O7/c1-7-50-37(47)41-34(27(3)4)35(45)43-44(25-30-19-22-32(23-20-30)31-17-13-10-14-18-31)26-33(24-21-29-15-11-9-12-16-29)40-36(46)39(49,28(5)6)42-38(48)51-8-2/h9-20,22-23,27-28,33-34,49H,7-8,21,24-26H2,1-6H3,(H,40,46)(H,41,47)(H,42,48)(H,43,45)/t33-,34-,39+/m0/s1. The molecule has 276 valence electrons. The fourth-order valence-corrected chi connectivity index (χ4v) is 5.41. The highest BCUT2D eigenvalue weighted by molar-refractivity contribution is 5.89. The van der Waals surface area contributed by atoms with E-state index in [2.05, 4.69) is 21.4 Å². The Hall–Kier alpha value is -4.94. The first-order valence-electron chi connectivity index (χ1n) is 17.5. The van der Waals surface area contributed by atoms with Crippen molar-refractivity contribution in [2.24, 2.45) is 11.8 Å². The zero-order valence-corrected chi connectivity index (χ0v) is 30.5. The van der Waals surface area contributed by atoms with Crippen LogP contribution in [0.4, 0.5) is 9.59 Å². The molecule has 0 saturated heterocycles. The maximum atomic E-state index is 13.8. The average Bonchev–Trinajstić information content (AvgIpc) is 3.10. The van der Waals surface area contributed by atoms with Crippen LogP contribution in [0, 0.1) is 11.8 Å². The summed E-state index contributed by atoms with van der Waals surface area (Å²) in [6, 6.07) is 26.1. The number of rotatable bonds is 18. The Labute approximate surface area is 301 Å². The molecular formula is C39H53N5O7. The number of alkyl carbamates (subject to hydrolysis) is 2. The minimum Gasteiger partial charge on any atom is -0.450 e. The van der Waals surface area contributed by atoms with Gasteiger partial charge in [0.05, 0.1) is 13.2 Å². The third-order valence-corrected chi connectivity index (χ3v) is 8.35. The van der Waals surface area contributed by atoms with Crippen molar-refractivity contribution in [2.75, 3.05) is 19.8 Å². The number of ether oxygens (including phenoxy) is 2. The Morgan fingerprint density at radius 1 is 0.745 bits per heavy atom. The molecule has 3 aromatic carbocycles. The molecule has 3 atom stereocenters. The molecule has 4 amide bonds. The van der Waals surface area contributed by atoms with Crippen molar-refractivity contribution in [1.82, 2.24) is 26.4 Å². The molecule has 12 nitrogen and oxygen atoms in total. The van der Waals surface area contributed by atoms with Crippen LogP contribution >= 0.6 is 0 Å². The molecule has 0 aliphatic rings. The number of nitrogens with zero attached hydrogens (tertiary/aromatic N) is 1. The average molecular weight is 704 g/mol. The number of benzene rings is 3. The van der Waals surface area contributed by atoms with Crippen LogP contribution in [0.1, 0.15) is 59.1 Å². The minimum absolute atomic E-state index is 0.0602. The third kappa shape index (κ3) is 12.7. The van der Waals surface area contributed by atoms with E-state index in [4.69, 9.17) is 9.47 Å². The second-order valence-corrected chi connectivity index (χ2v) is 13.0. The summed E-state index contributed by atoms with van der Waals surface area (Å²) in [4.78, 5) is 52.2. The summed E-state index contributed by atoms with van der Waals surface area (Å²) in [6.45, 7) is 10.7. The fraction of sp³-hybridized carbons (Fsp3) is 0.436. The van der Waals surface area contributed by atoms with Gasteiger partial charge in [-0.25, -0.2) is 14.6 Å². The summed E-state index contributed by atoms with van der Waals surface area (Å²) in [5, 5.41) is 21.0.